The predicted molar refractivity (Wildman–Crippen MR) is 133 cm³/mol. The summed E-state index contributed by atoms with van der Waals surface area (Å²) in [6.07, 6.45) is 7.98. The standard InChI is InChI=1S/C27H33N5O/c1-21-10-12-27(13-11-21,32-16-14-31(15-17-32)25-8-3-2-4-9-25)23-6-5-7-24(18-23)30-26(33)22-19-28-29-20-22/h2-9,18-21H,10-17H2,1H3,(H,28,29)(H,30,33). The number of aromatic nitrogens is 2. The van der Waals surface area contributed by atoms with Gasteiger partial charge in [-0.2, -0.15) is 5.10 Å². The first kappa shape index (κ1) is 21.7. The van der Waals surface area contributed by atoms with Gasteiger partial charge in [0.1, 0.15) is 0 Å². The van der Waals surface area contributed by atoms with Crippen LogP contribution in [-0.4, -0.2) is 47.2 Å². The smallest absolute Gasteiger partial charge is 0.258 e. The van der Waals surface area contributed by atoms with Crippen LogP contribution in [0.3, 0.4) is 0 Å². The third kappa shape index (κ3) is 4.53. The van der Waals surface area contributed by atoms with Crippen LogP contribution in [0.15, 0.2) is 67.0 Å². The van der Waals surface area contributed by atoms with Crippen molar-refractivity contribution in [1.82, 2.24) is 15.1 Å². The Balaban J connectivity index is 1.37. The van der Waals surface area contributed by atoms with Crippen LogP contribution in [0.5, 0.6) is 0 Å². The molecule has 3 aromatic rings. The minimum absolute atomic E-state index is 0.0334. The molecule has 1 saturated carbocycles. The monoisotopic (exact) mass is 443 g/mol. The van der Waals surface area contributed by atoms with Crippen LogP contribution in [0, 0.1) is 5.92 Å². The number of amides is 1. The largest absolute Gasteiger partial charge is 0.369 e. The van der Waals surface area contributed by atoms with Crippen molar-refractivity contribution in [3.05, 3.63) is 78.1 Å². The Labute approximate surface area is 196 Å². The molecule has 0 bridgehead atoms. The topological polar surface area (TPSA) is 64.3 Å². The van der Waals surface area contributed by atoms with E-state index >= 15 is 0 Å². The van der Waals surface area contributed by atoms with Crippen molar-refractivity contribution in [2.75, 3.05) is 36.4 Å². The van der Waals surface area contributed by atoms with Crippen LogP contribution in [0.25, 0.3) is 0 Å². The molecule has 2 fully saturated rings. The zero-order chi connectivity index (χ0) is 22.7. The summed E-state index contributed by atoms with van der Waals surface area (Å²) in [5.74, 6) is 0.636. The summed E-state index contributed by atoms with van der Waals surface area (Å²) in [5, 5.41) is 9.65. The molecule has 172 valence electrons. The number of carbonyl (C=O) groups excluding carboxylic acids is 1. The first-order valence-corrected chi connectivity index (χ1v) is 12.1. The molecule has 0 unspecified atom stereocenters. The highest BCUT2D eigenvalue weighted by atomic mass is 16.1. The van der Waals surface area contributed by atoms with E-state index in [1.807, 2.05) is 6.07 Å². The highest BCUT2D eigenvalue weighted by Crippen LogP contribution is 2.45. The highest BCUT2D eigenvalue weighted by molar-refractivity contribution is 6.03. The van der Waals surface area contributed by atoms with E-state index in [4.69, 9.17) is 0 Å². The summed E-state index contributed by atoms with van der Waals surface area (Å²) >= 11 is 0. The number of para-hydroxylation sites is 1. The van der Waals surface area contributed by atoms with Crippen molar-refractivity contribution in [3.8, 4) is 0 Å². The lowest BCUT2D eigenvalue weighted by molar-refractivity contribution is 0.0299. The Morgan fingerprint density at radius 3 is 2.48 bits per heavy atom. The number of nitrogens with one attached hydrogen (secondary N) is 2. The second-order valence-corrected chi connectivity index (χ2v) is 9.55. The molecule has 6 heteroatoms. The fourth-order valence-electron chi connectivity index (χ4n) is 5.52. The van der Waals surface area contributed by atoms with Crippen molar-refractivity contribution in [3.63, 3.8) is 0 Å². The molecule has 1 saturated heterocycles. The Kier molecular flexibility index (Phi) is 6.18. The minimum Gasteiger partial charge on any atom is -0.369 e. The molecule has 5 rings (SSSR count). The number of aromatic amines is 1. The van der Waals surface area contributed by atoms with Crippen LogP contribution in [-0.2, 0) is 5.54 Å². The Hall–Kier alpha value is -3.12. The van der Waals surface area contributed by atoms with Crippen molar-refractivity contribution < 1.29 is 4.79 Å². The Morgan fingerprint density at radius 2 is 1.79 bits per heavy atom. The normalized spacial score (nSPS) is 23.9. The molecule has 6 nitrogen and oxygen atoms in total. The molecular formula is C27H33N5O. The predicted octanol–water partition coefficient (Wildman–Crippen LogP) is 4.89. The van der Waals surface area contributed by atoms with E-state index in [9.17, 15) is 4.79 Å². The molecule has 1 aliphatic heterocycles. The maximum atomic E-state index is 12.6. The molecule has 2 heterocycles. The fourth-order valence-corrected chi connectivity index (χ4v) is 5.52. The number of benzene rings is 2. The first-order chi connectivity index (χ1) is 16.1. The van der Waals surface area contributed by atoms with Gasteiger partial charge in [0.05, 0.1) is 11.8 Å². The summed E-state index contributed by atoms with van der Waals surface area (Å²) in [7, 11) is 0. The van der Waals surface area contributed by atoms with Crippen LogP contribution < -0.4 is 10.2 Å². The van der Waals surface area contributed by atoms with Gasteiger partial charge in [0.25, 0.3) is 5.91 Å². The lowest BCUT2D eigenvalue weighted by Gasteiger charge is -2.51. The summed E-state index contributed by atoms with van der Waals surface area (Å²) < 4.78 is 0. The van der Waals surface area contributed by atoms with E-state index in [0.717, 1.165) is 37.8 Å². The van der Waals surface area contributed by atoms with E-state index < -0.39 is 0 Å². The third-order valence-electron chi connectivity index (χ3n) is 7.53. The van der Waals surface area contributed by atoms with Gasteiger partial charge in [0.2, 0.25) is 0 Å². The summed E-state index contributed by atoms with van der Waals surface area (Å²) in [4.78, 5) is 17.8. The molecule has 2 aromatic carbocycles. The number of piperazine rings is 1. The van der Waals surface area contributed by atoms with Gasteiger partial charge >= 0.3 is 0 Å². The molecule has 33 heavy (non-hydrogen) atoms. The van der Waals surface area contributed by atoms with Gasteiger partial charge in [-0.25, -0.2) is 0 Å². The molecule has 0 spiro atoms. The molecule has 0 radical (unpaired) electrons. The first-order valence-electron chi connectivity index (χ1n) is 12.1. The van der Waals surface area contributed by atoms with E-state index in [1.54, 1.807) is 12.4 Å². The van der Waals surface area contributed by atoms with E-state index in [2.05, 4.69) is 80.8 Å². The molecule has 1 amide bonds. The van der Waals surface area contributed by atoms with Crippen LogP contribution >= 0.6 is 0 Å². The highest BCUT2D eigenvalue weighted by Gasteiger charge is 2.42. The summed E-state index contributed by atoms with van der Waals surface area (Å²) in [6, 6.07) is 19.2. The number of rotatable bonds is 5. The van der Waals surface area contributed by atoms with Gasteiger partial charge in [-0.3, -0.25) is 14.8 Å². The lowest BCUT2D eigenvalue weighted by Crippen LogP contribution is -2.56. The van der Waals surface area contributed by atoms with Gasteiger partial charge in [-0.1, -0.05) is 37.3 Å². The van der Waals surface area contributed by atoms with E-state index in [1.165, 1.54) is 36.9 Å². The Morgan fingerprint density at radius 1 is 1.03 bits per heavy atom. The van der Waals surface area contributed by atoms with Gasteiger partial charge in [0, 0.05) is 49.3 Å². The number of hydrogen-bond acceptors (Lipinski definition) is 4. The van der Waals surface area contributed by atoms with Crippen LogP contribution in [0.2, 0.25) is 0 Å². The fraction of sp³-hybridized carbons (Fsp3) is 0.407. The van der Waals surface area contributed by atoms with Crippen molar-refractivity contribution in [2.45, 2.75) is 38.1 Å². The average Bonchev–Trinajstić information content (AvgIpc) is 3.41. The van der Waals surface area contributed by atoms with Crippen molar-refractivity contribution in [1.29, 1.82) is 0 Å². The van der Waals surface area contributed by atoms with Gasteiger partial charge in [0.15, 0.2) is 0 Å². The number of hydrogen-bond donors (Lipinski definition) is 2. The molecular weight excluding hydrogens is 410 g/mol. The second kappa shape index (κ2) is 9.40. The van der Waals surface area contributed by atoms with Crippen LogP contribution in [0.1, 0.15) is 48.5 Å². The molecule has 1 aliphatic carbocycles. The molecule has 2 N–H and O–H groups in total. The lowest BCUT2D eigenvalue weighted by atomic mass is 9.71. The minimum atomic E-state index is -0.135. The van der Waals surface area contributed by atoms with Crippen molar-refractivity contribution in [2.24, 2.45) is 5.92 Å². The number of anilines is 2. The van der Waals surface area contributed by atoms with Crippen LogP contribution in [0.4, 0.5) is 11.4 Å². The zero-order valence-electron chi connectivity index (χ0n) is 19.3. The second-order valence-electron chi connectivity index (χ2n) is 9.55. The third-order valence-corrected chi connectivity index (χ3v) is 7.53. The number of H-pyrrole nitrogens is 1. The number of nitrogens with zero attached hydrogens (tertiary/aromatic N) is 3. The van der Waals surface area contributed by atoms with E-state index in [0.29, 0.717) is 5.56 Å². The van der Waals surface area contributed by atoms with Gasteiger partial charge in [-0.15, -0.1) is 0 Å². The van der Waals surface area contributed by atoms with E-state index in [-0.39, 0.29) is 11.4 Å². The molecule has 1 aromatic heterocycles. The number of carbonyl (C=O) groups is 1. The average molecular weight is 444 g/mol. The SMILES string of the molecule is CC1CCC(c2cccc(NC(=O)c3cn[nH]c3)c2)(N2CCN(c3ccccc3)CC2)CC1. The Bertz CT molecular complexity index is 1050. The summed E-state index contributed by atoms with van der Waals surface area (Å²) in [5.41, 5.74) is 4.06. The zero-order valence-corrected chi connectivity index (χ0v) is 19.3. The van der Waals surface area contributed by atoms with Gasteiger partial charge in [-0.05, 0) is 61.4 Å². The van der Waals surface area contributed by atoms with Gasteiger partial charge < -0.3 is 10.2 Å². The summed E-state index contributed by atoms with van der Waals surface area (Å²) in [6.45, 7) is 6.55. The molecule has 0 atom stereocenters. The quantitative estimate of drug-likeness (QED) is 0.589. The van der Waals surface area contributed by atoms with Crippen molar-refractivity contribution >= 4 is 17.3 Å². The maximum absolute atomic E-state index is 12.6. The molecule has 2 aliphatic rings. The maximum Gasteiger partial charge on any atom is 0.258 e.